The van der Waals surface area contributed by atoms with Crippen LogP contribution in [0.4, 0.5) is 17.6 Å². The summed E-state index contributed by atoms with van der Waals surface area (Å²) < 4.78 is 62.7. The van der Waals surface area contributed by atoms with Crippen LogP contribution in [-0.2, 0) is 4.74 Å². The Bertz CT molecular complexity index is 510. The number of ether oxygens (including phenoxy) is 2. The van der Waals surface area contributed by atoms with Crippen LogP contribution in [0, 0.1) is 0 Å². The van der Waals surface area contributed by atoms with E-state index >= 15 is 0 Å². The van der Waals surface area contributed by atoms with E-state index in [4.69, 9.17) is 16.3 Å². The Morgan fingerprint density at radius 2 is 1.71 bits per heavy atom. The van der Waals surface area contributed by atoms with E-state index < -0.39 is 17.9 Å². The highest BCUT2D eigenvalue weighted by molar-refractivity contribution is 6.30. The van der Waals surface area contributed by atoms with Gasteiger partial charge >= 0.3 is 6.18 Å². The van der Waals surface area contributed by atoms with Crippen molar-refractivity contribution in [2.24, 2.45) is 0 Å². The number of hydrogen-bond acceptors (Lipinski definition) is 3. The van der Waals surface area contributed by atoms with Crippen LogP contribution in [0.25, 0.3) is 0 Å². The van der Waals surface area contributed by atoms with Gasteiger partial charge in [-0.25, -0.2) is 0 Å². The molecule has 1 heterocycles. The minimum absolute atomic E-state index is 0.0371. The second-order valence-electron chi connectivity index (χ2n) is 4.27. The third kappa shape index (κ3) is 4.25. The molecule has 3 nitrogen and oxygen atoms in total. The summed E-state index contributed by atoms with van der Waals surface area (Å²) in [6.45, 7) is 0.407. The van der Waals surface area contributed by atoms with E-state index in [1.54, 1.807) is 0 Å². The Labute approximate surface area is 123 Å². The highest BCUT2D eigenvalue weighted by Crippen LogP contribution is 2.33. The molecule has 1 fully saturated rings. The largest absolute Gasteiger partial charge is 0.454 e. The molecule has 21 heavy (non-hydrogen) atoms. The Morgan fingerprint density at radius 3 is 2.24 bits per heavy atom. The van der Waals surface area contributed by atoms with Crippen molar-refractivity contribution in [1.82, 2.24) is 4.90 Å². The molecule has 0 unspecified atom stereocenters. The standard InChI is InChI=1S/C13H12ClF4NO2/c14-9-1-3-10(4-2-9)21-11(13(16,17)18)12(15)19-5-7-20-8-6-19/h1-4H,5-8H2/b12-11+. The second kappa shape index (κ2) is 6.53. The first kappa shape index (κ1) is 15.9. The van der Waals surface area contributed by atoms with E-state index in [0.717, 1.165) is 4.90 Å². The molecular weight excluding hydrogens is 314 g/mol. The molecule has 0 N–H and O–H groups in total. The predicted molar refractivity (Wildman–Crippen MR) is 68.7 cm³/mol. The summed E-state index contributed by atoms with van der Waals surface area (Å²) in [5, 5.41) is 0.341. The van der Waals surface area contributed by atoms with Gasteiger partial charge in [0.1, 0.15) is 5.75 Å². The Kier molecular flexibility index (Phi) is 4.95. The van der Waals surface area contributed by atoms with Crippen LogP contribution in [0.3, 0.4) is 0 Å². The molecule has 0 atom stereocenters. The fourth-order valence-corrected chi connectivity index (χ4v) is 1.87. The van der Waals surface area contributed by atoms with Crippen LogP contribution in [0.5, 0.6) is 5.75 Å². The van der Waals surface area contributed by atoms with Gasteiger partial charge in [0.05, 0.1) is 13.2 Å². The van der Waals surface area contributed by atoms with E-state index in [1.807, 2.05) is 0 Å². The van der Waals surface area contributed by atoms with E-state index in [9.17, 15) is 17.6 Å². The highest BCUT2D eigenvalue weighted by Gasteiger charge is 2.42. The molecule has 1 aromatic rings. The van der Waals surface area contributed by atoms with Crippen molar-refractivity contribution in [3.63, 3.8) is 0 Å². The van der Waals surface area contributed by atoms with E-state index in [2.05, 4.69) is 4.74 Å². The van der Waals surface area contributed by atoms with Crippen molar-refractivity contribution < 1.29 is 27.0 Å². The van der Waals surface area contributed by atoms with Crippen molar-refractivity contribution in [3.05, 3.63) is 41.0 Å². The lowest BCUT2D eigenvalue weighted by molar-refractivity contribution is -0.122. The first-order valence-electron chi connectivity index (χ1n) is 6.11. The van der Waals surface area contributed by atoms with Gasteiger partial charge in [0.15, 0.2) is 0 Å². The number of morpholine rings is 1. The molecule has 1 aliphatic heterocycles. The number of nitrogens with zero attached hydrogens (tertiary/aromatic N) is 1. The smallest absolute Gasteiger partial charge is 0.448 e. The van der Waals surface area contributed by atoms with Crippen molar-refractivity contribution in [3.8, 4) is 5.75 Å². The molecule has 1 saturated heterocycles. The van der Waals surface area contributed by atoms with E-state index in [0.29, 0.717) is 5.02 Å². The average molecular weight is 326 g/mol. The fraction of sp³-hybridized carbons (Fsp3) is 0.385. The maximum Gasteiger partial charge on any atom is 0.454 e. The summed E-state index contributed by atoms with van der Waals surface area (Å²) in [7, 11) is 0. The fourth-order valence-electron chi connectivity index (χ4n) is 1.74. The predicted octanol–water partition coefficient (Wildman–Crippen LogP) is 3.75. The van der Waals surface area contributed by atoms with Gasteiger partial charge in [-0.2, -0.15) is 17.6 Å². The number of hydrogen-bond donors (Lipinski definition) is 0. The topological polar surface area (TPSA) is 21.7 Å². The van der Waals surface area contributed by atoms with Crippen LogP contribution >= 0.6 is 11.6 Å². The number of benzene rings is 1. The van der Waals surface area contributed by atoms with Gasteiger partial charge in [0, 0.05) is 18.1 Å². The molecule has 0 spiro atoms. The first-order valence-corrected chi connectivity index (χ1v) is 6.49. The second-order valence-corrected chi connectivity index (χ2v) is 4.71. The number of halogens is 5. The van der Waals surface area contributed by atoms with Crippen molar-refractivity contribution in [2.75, 3.05) is 26.3 Å². The summed E-state index contributed by atoms with van der Waals surface area (Å²) in [6.07, 6.45) is -4.94. The van der Waals surface area contributed by atoms with Crippen LogP contribution in [-0.4, -0.2) is 37.4 Å². The zero-order chi connectivity index (χ0) is 15.5. The van der Waals surface area contributed by atoms with Crippen molar-refractivity contribution in [2.45, 2.75) is 6.18 Å². The SMILES string of the molecule is F/C(=C(\Oc1ccc(Cl)cc1)C(F)(F)F)N1CCOCC1. The minimum Gasteiger partial charge on any atom is -0.448 e. The first-order chi connectivity index (χ1) is 9.88. The molecular formula is C13H12ClF4NO2. The summed E-state index contributed by atoms with van der Waals surface area (Å²) in [5.41, 5.74) is 0. The van der Waals surface area contributed by atoms with Crippen LogP contribution < -0.4 is 4.74 Å². The maximum absolute atomic E-state index is 14.1. The number of allylic oxidation sites excluding steroid dienone is 1. The highest BCUT2D eigenvalue weighted by atomic mass is 35.5. The third-order valence-corrected chi connectivity index (χ3v) is 3.02. The van der Waals surface area contributed by atoms with Gasteiger partial charge in [0.2, 0.25) is 5.95 Å². The van der Waals surface area contributed by atoms with Crippen LogP contribution in [0.1, 0.15) is 0 Å². The van der Waals surface area contributed by atoms with Gasteiger partial charge in [-0.3, -0.25) is 0 Å². The van der Waals surface area contributed by atoms with Gasteiger partial charge in [-0.1, -0.05) is 11.6 Å². The molecule has 0 aromatic heterocycles. The summed E-state index contributed by atoms with van der Waals surface area (Å²) in [5.74, 6) is -3.26. The zero-order valence-corrected chi connectivity index (χ0v) is 11.5. The molecule has 0 saturated carbocycles. The lowest BCUT2D eigenvalue weighted by Crippen LogP contribution is -2.37. The monoisotopic (exact) mass is 325 g/mol. The molecule has 116 valence electrons. The molecule has 0 amide bonds. The molecule has 0 bridgehead atoms. The van der Waals surface area contributed by atoms with Gasteiger partial charge in [-0.05, 0) is 24.3 Å². The Morgan fingerprint density at radius 1 is 1.14 bits per heavy atom. The normalized spacial score (nSPS) is 17.5. The van der Waals surface area contributed by atoms with Crippen molar-refractivity contribution in [1.29, 1.82) is 0 Å². The number of alkyl halides is 3. The molecule has 1 aliphatic rings. The third-order valence-electron chi connectivity index (χ3n) is 2.77. The van der Waals surface area contributed by atoms with E-state index in [-0.39, 0.29) is 32.1 Å². The van der Waals surface area contributed by atoms with Gasteiger partial charge in [-0.15, -0.1) is 0 Å². The summed E-state index contributed by atoms with van der Waals surface area (Å²) >= 11 is 5.64. The maximum atomic E-state index is 14.1. The van der Waals surface area contributed by atoms with E-state index in [1.165, 1.54) is 24.3 Å². The molecule has 1 aromatic carbocycles. The van der Waals surface area contributed by atoms with Crippen LogP contribution in [0.15, 0.2) is 36.0 Å². The Balaban J connectivity index is 2.27. The summed E-state index contributed by atoms with van der Waals surface area (Å²) in [6, 6.07) is 5.19. The molecule has 0 aliphatic carbocycles. The quantitative estimate of drug-likeness (QED) is 0.480. The van der Waals surface area contributed by atoms with Crippen molar-refractivity contribution >= 4 is 11.6 Å². The van der Waals surface area contributed by atoms with Gasteiger partial charge in [0.25, 0.3) is 5.76 Å². The number of rotatable bonds is 3. The zero-order valence-electron chi connectivity index (χ0n) is 10.8. The minimum atomic E-state index is -4.94. The average Bonchev–Trinajstić information content (AvgIpc) is 2.45. The molecule has 8 heteroatoms. The Hall–Kier alpha value is -1.47. The summed E-state index contributed by atoms with van der Waals surface area (Å²) in [4.78, 5) is 0.947. The van der Waals surface area contributed by atoms with Crippen LogP contribution in [0.2, 0.25) is 5.02 Å². The lowest BCUT2D eigenvalue weighted by atomic mass is 10.3. The molecule has 0 radical (unpaired) electrons. The molecule has 2 rings (SSSR count). The lowest BCUT2D eigenvalue weighted by Gasteiger charge is -2.28. The van der Waals surface area contributed by atoms with Gasteiger partial charge < -0.3 is 14.4 Å².